The van der Waals surface area contributed by atoms with E-state index in [2.05, 4.69) is 5.32 Å². The van der Waals surface area contributed by atoms with E-state index >= 15 is 0 Å². The summed E-state index contributed by atoms with van der Waals surface area (Å²) in [5, 5.41) is 20.7. The zero-order chi connectivity index (χ0) is 22.7. The Morgan fingerprint density at radius 2 is 1.84 bits per heavy atom. The van der Waals surface area contributed by atoms with Gasteiger partial charge in [-0.25, -0.2) is 9.59 Å². The van der Waals surface area contributed by atoms with Gasteiger partial charge in [0, 0.05) is 0 Å². The highest BCUT2D eigenvalue weighted by molar-refractivity contribution is 8.26. The molecule has 3 N–H and O–H groups in total. The molecular weight excluding hydrogens is 440 g/mol. The predicted molar refractivity (Wildman–Crippen MR) is 120 cm³/mol. The maximum Gasteiger partial charge on any atom is 0.337 e. The molecule has 1 aliphatic rings. The Labute approximate surface area is 186 Å². The van der Waals surface area contributed by atoms with E-state index in [-0.39, 0.29) is 21.1 Å². The minimum absolute atomic E-state index is 0.182. The number of aromatic carboxylic acids is 2. The predicted octanol–water partition coefficient (Wildman–Crippen LogP) is 3.23. The van der Waals surface area contributed by atoms with E-state index in [4.69, 9.17) is 17.3 Å². The van der Waals surface area contributed by atoms with Crippen molar-refractivity contribution in [3.8, 4) is 0 Å². The summed E-state index contributed by atoms with van der Waals surface area (Å²) < 4.78 is 0.192. The van der Waals surface area contributed by atoms with Gasteiger partial charge in [-0.15, -0.1) is 0 Å². The lowest BCUT2D eigenvalue weighted by molar-refractivity contribution is -0.126. The smallest absolute Gasteiger partial charge is 0.337 e. The number of carboxylic acids is 2. The molecule has 1 saturated heterocycles. The Balaban J connectivity index is 1.78. The normalized spacial score (nSPS) is 14.7. The van der Waals surface area contributed by atoms with E-state index in [1.807, 2.05) is 31.2 Å². The standard InChI is InChI=1S/C21H16N2O6S2/c1-11-4-2-3-5-12(11)9-16-18(25)23(21(30)31-16)10-17(24)22-15-8-13(19(26)27)6-7-14(15)20(28)29/h2-9H,10H2,1H3,(H,22,24)(H,26,27)(H,28,29)/b16-9-. The summed E-state index contributed by atoms with van der Waals surface area (Å²) in [6.45, 7) is 1.47. The van der Waals surface area contributed by atoms with Crippen molar-refractivity contribution in [2.45, 2.75) is 6.92 Å². The molecule has 0 saturated carbocycles. The summed E-state index contributed by atoms with van der Waals surface area (Å²) in [6, 6.07) is 10.8. The molecule has 1 aliphatic heterocycles. The molecule has 3 rings (SSSR count). The van der Waals surface area contributed by atoms with E-state index in [9.17, 15) is 24.3 Å². The van der Waals surface area contributed by atoms with Crippen molar-refractivity contribution in [1.29, 1.82) is 0 Å². The number of rotatable bonds is 6. The summed E-state index contributed by atoms with van der Waals surface area (Å²) >= 11 is 6.29. The highest BCUT2D eigenvalue weighted by atomic mass is 32.2. The number of carboxylic acid groups (broad SMARTS) is 2. The Kier molecular flexibility index (Phi) is 6.52. The minimum Gasteiger partial charge on any atom is -0.478 e. The van der Waals surface area contributed by atoms with Crippen LogP contribution in [0.5, 0.6) is 0 Å². The van der Waals surface area contributed by atoms with Crippen LogP contribution in [0.1, 0.15) is 31.8 Å². The molecule has 8 nitrogen and oxygen atoms in total. The van der Waals surface area contributed by atoms with Gasteiger partial charge in [-0.3, -0.25) is 14.5 Å². The SMILES string of the molecule is Cc1ccccc1/C=C1\SC(=S)N(CC(=O)Nc2cc(C(=O)O)ccc2C(=O)O)C1=O. The Hall–Kier alpha value is -3.50. The second kappa shape index (κ2) is 9.11. The lowest BCUT2D eigenvalue weighted by Gasteiger charge is -2.15. The fourth-order valence-corrected chi connectivity index (χ4v) is 4.07. The first-order chi connectivity index (χ1) is 14.7. The van der Waals surface area contributed by atoms with Gasteiger partial charge >= 0.3 is 11.9 Å². The largest absolute Gasteiger partial charge is 0.478 e. The summed E-state index contributed by atoms with van der Waals surface area (Å²) in [4.78, 5) is 49.3. The van der Waals surface area contributed by atoms with Crippen LogP contribution in [0.2, 0.25) is 0 Å². The molecule has 0 bridgehead atoms. The van der Waals surface area contributed by atoms with Gasteiger partial charge in [-0.1, -0.05) is 48.2 Å². The molecule has 0 aliphatic carbocycles. The van der Waals surface area contributed by atoms with Gasteiger partial charge in [-0.2, -0.15) is 0 Å². The summed E-state index contributed by atoms with van der Waals surface area (Å²) in [7, 11) is 0. The van der Waals surface area contributed by atoms with Gasteiger partial charge in [-0.05, 0) is 42.3 Å². The number of hydrogen-bond acceptors (Lipinski definition) is 6. The minimum atomic E-state index is -1.33. The summed E-state index contributed by atoms with van der Waals surface area (Å²) in [5.41, 5.74) is 1.18. The van der Waals surface area contributed by atoms with Crippen LogP contribution < -0.4 is 5.32 Å². The quantitative estimate of drug-likeness (QED) is 0.447. The number of nitrogens with zero attached hydrogens (tertiary/aromatic N) is 1. The van der Waals surface area contributed by atoms with Crippen molar-refractivity contribution < 1.29 is 29.4 Å². The van der Waals surface area contributed by atoms with Gasteiger partial charge < -0.3 is 15.5 Å². The number of thiocarbonyl (C=S) groups is 1. The fraction of sp³-hybridized carbons (Fsp3) is 0.0952. The summed E-state index contributed by atoms with van der Waals surface area (Å²) in [6.07, 6.45) is 1.70. The topological polar surface area (TPSA) is 124 Å². The van der Waals surface area contributed by atoms with E-state index < -0.39 is 30.3 Å². The van der Waals surface area contributed by atoms with Gasteiger partial charge in [0.25, 0.3) is 5.91 Å². The molecule has 0 radical (unpaired) electrons. The van der Waals surface area contributed by atoms with Crippen molar-refractivity contribution in [2.24, 2.45) is 0 Å². The van der Waals surface area contributed by atoms with Crippen LogP contribution in [0, 0.1) is 6.92 Å². The van der Waals surface area contributed by atoms with Crippen LogP contribution >= 0.6 is 24.0 Å². The monoisotopic (exact) mass is 456 g/mol. The Morgan fingerprint density at radius 1 is 1.13 bits per heavy atom. The molecule has 0 unspecified atom stereocenters. The molecule has 2 aromatic carbocycles. The van der Waals surface area contributed by atoms with Crippen molar-refractivity contribution in [2.75, 3.05) is 11.9 Å². The van der Waals surface area contributed by atoms with Crippen LogP contribution in [0.3, 0.4) is 0 Å². The van der Waals surface area contributed by atoms with Crippen molar-refractivity contribution >= 4 is 63.8 Å². The number of carbonyl (C=O) groups is 4. The number of nitrogens with one attached hydrogen (secondary N) is 1. The number of benzene rings is 2. The Morgan fingerprint density at radius 3 is 2.48 bits per heavy atom. The number of hydrogen-bond donors (Lipinski definition) is 3. The molecule has 0 aromatic heterocycles. The van der Waals surface area contributed by atoms with Crippen molar-refractivity contribution in [1.82, 2.24) is 4.90 Å². The molecule has 2 amide bonds. The average Bonchev–Trinajstić information content (AvgIpc) is 2.96. The average molecular weight is 457 g/mol. The van der Waals surface area contributed by atoms with Gasteiger partial charge in [0.05, 0.1) is 21.7 Å². The molecule has 1 fully saturated rings. The second-order valence-corrected chi connectivity index (χ2v) is 8.22. The van der Waals surface area contributed by atoms with Gasteiger partial charge in [0.2, 0.25) is 5.91 Å². The number of anilines is 1. The highest BCUT2D eigenvalue weighted by Crippen LogP contribution is 2.33. The number of amides is 2. The van der Waals surface area contributed by atoms with E-state index in [0.717, 1.165) is 46.0 Å². The maximum absolute atomic E-state index is 12.7. The van der Waals surface area contributed by atoms with Crippen LogP contribution in [0.25, 0.3) is 6.08 Å². The first-order valence-electron chi connectivity index (χ1n) is 8.89. The first-order valence-corrected chi connectivity index (χ1v) is 10.1. The second-order valence-electron chi connectivity index (χ2n) is 6.54. The molecule has 31 heavy (non-hydrogen) atoms. The van der Waals surface area contributed by atoms with Crippen molar-refractivity contribution in [3.63, 3.8) is 0 Å². The van der Waals surface area contributed by atoms with Gasteiger partial charge in [0.15, 0.2) is 0 Å². The lowest BCUT2D eigenvalue weighted by Crippen LogP contribution is -2.36. The third-order valence-electron chi connectivity index (χ3n) is 4.42. The van der Waals surface area contributed by atoms with E-state index in [1.165, 1.54) is 0 Å². The third-order valence-corrected chi connectivity index (χ3v) is 5.80. The third kappa shape index (κ3) is 4.98. The molecule has 158 valence electrons. The molecule has 1 heterocycles. The van der Waals surface area contributed by atoms with Crippen LogP contribution in [-0.2, 0) is 9.59 Å². The Bertz CT molecular complexity index is 1160. The number of carbonyl (C=O) groups excluding carboxylic acids is 2. The van der Waals surface area contributed by atoms with Crippen molar-refractivity contribution in [3.05, 3.63) is 69.6 Å². The zero-order valence-corrected chi connectivity index (χ0v) is 17.8. The van der Waals surface area contributed by atoms with E-state index in [1.54, 1.807) is 6.08 Å². The highest BCUT2D eigenvalue weighted by Gasteiger charge is 2.33. The number of thioether (sulfide) groups is 1. The molecule has 0 spiro atoms. The zero-order valence-electron chi connectivity index (χ0n) is 16.1. The van der Waals surface area contributed by atoms with E-state index in [0.29, 0.717) is 4.91 Å². The summed E-state index contributed by atoms with van der Waals surface area (Å²) in [5.74, 6) is -3.76. The van der Waals surface area contributed by atoms with Crippen LogP contribution in [-0.4, -0.2) is 49.7 Å². The number of aryl methyl sites for hydroxylation is 1. The fourth-order valence-electron chi connectivity index (χ4n) is 2.83. The maximum atomic E-state index is 12.7. The van der Waals surface area contributed by atoms with Gasteiger partial charge in [0.1, 0.15) is 10.9 Å². The molecular formula is C21H16N2O6S2. The molecule has 10 heteroatoms. The first kappa shape index (κ1) is 22.2. The molecule has 2 aromatic rings. The van der Waals surface area contributed by atoms with Crippen LogP contribution in [0.15, 0.2) is 47.4 Å². The lowest BCUT2D eigenvalue weighted by atomic mass is 10.1. The van der Waals surface area contributed by atoms with Crippen LogP contribution in [0.4, 0.5) is 5.69 Å². The molecule has 0 atom stereocenters.